The fourth-order valence-electron chi connectivity index (χ4n) is 7.38. The number of benzene rings is 8. The van der Waals surface area contributed by atoms with Crippen molar-refractivity contribution in [2.45, 2.75) is 0 Å². The van der Waals surface area contributed by atoms with Gasteiger partial charge < -0.3 is 9.32 Å². The molecule has 0 unspecified atom stereocenters. The summed E-state index contributed by atoms with van der Waals surface area (Å²) in [6, 6.07) is 63.1. The van der Waals surface area contributed by atoms with Crippen LogP contribution in [0.2, 0.25) is 0 Å². The van der Waals surface area contributed by atoms with Gasteiger partial charge in [0.25, 0.3) is 0 Å². The van der Waals surface area contributed by atoms with Crippen molar-refractivity contribution in [2.24, 2.45) is 0 Å². The summed E-state index contributed by atoms with van der Waals surface area (Å²) >= 11 is 1.86. The van der Waals surface area contributed by atoms with E-state index in [1.807, 2.05) is 11.3 Å². The molecule has 8 aromatic carbocycles. The number of para-hydroxylation sites is 2. The van der Waals surface area contributed by atoms with E-state index in [0.717, 1.165) is 44.4 Å². The van der Waals surface area contributed by atoms with Crippen LogP contribution in [-0.4, -0.2) is 0 Å². The van der Waals surface area contributed by atoms with Crippen LogP contribution in [0.25, 0.3) is 75.1 Å². The van der Waals surface area contributed by atoms with Crippen molar-refractivity contribution in [3.63, 3.8) is 0 Å². The maximum Gasteiger partial charge on any atom is 0.143 e. The molecule has 49 heavy (non-hydrogen) atoms. The molecule has 0 radical (unpaired) electrons. The number of hydrogen-bond donors (Lipinski definition) is 0. The van der Waals surface area contributed by atoms with Gasteiger partial charge in [-0.25, -0.2) is 0 Å². The van der Waals surface area contributed by atoms with E-state index in [9.17, 15) is 0 Å². The van der Waals surface area contributed by atoms with E-state index in [-0.39, 0.29) is 0 Å². The molecule has 0 aliphatic heterocycles. The number of rotatable bonds is 5. The minimum atomic E-state index is 0.874. The van der Waals surface area contributed by atoms with Crippen LogP contribution in [0.1, 0.15) is 0 Å². The Morgan fingerprint density at radius 1 is 0.408 bits per heavy atom. The van der Waals surface area contributed by atoms with Gasteiger partial charge in [-0.05, 0) is 82.2 Å². The first-order valence-electron chi connectivity index (χ1n) is 16.6. The van der Waals surface area contributed by atoms with E-state index in [4.69, 9.17) is 4.42 Å². The highest BCUT2D eigenvalue weighted by Crippen LogP contribution is 2.46. The van der Waals surface area contributed by atoms with Crippen LogP contribution in [0.5, 0.6) is 0 Å². The number of hydrogen-bond acceptors (Lipinski definition) is 3. The fraction of sp³-hybridized carbons (Fsp3) is 0. The van der Waals surface area contributed by atoms with E-state index in [2.05, 4.69) is 181 Å². The molecular formula is C46H29NOS. The van der Waals surface area contributed by atoms with E-state index in [1.54, 1.807) is 0 Å². The van der Waals surface area contributed by atoms with Gasteiger partial charge in [0.15, 0.2) is 0 Å². The van der Waals surface area contributed by atoms with Gasteiger partial charge in [-0.1, -0.05) is 121 Å². The Kier molecular flexibility index (Phi) is 6.39. The Hall–Kier alpha value is -6.16. The fourth-order valence-corrected chi connectivity index (χ4v) is 8.53. The van der Waals surface area contributed by atoms with Crippen LogP contribution >= 0.6 is 11.3 Å². The summed E-state index contributed by atoms with van der Waals surface area (Å²) in [4.78, 5) is 2.33. The Morgan fingerprint density at radius 3 is 1.78 bits per heavy atom. The molecule has 2 heterocycles. The summed E-state index contributed by atoms with van der Waals surface area (Å²) in [5, 5.41) is 7.16. The lowest BCUT2D eigenvalue weighted by molar-refractivity contribution is 0.672. The molecule has 0 fully saturated rings. The smallest absolute Gasteiger partial charge is 0.143 e. The average Bonchev–Trinajstić information content (AvgIpc) is 3.74. The lowest BCUT2D eigenvalue weighted by Gasteiger charge is -2.26. The first-order valence-corrected chi connectivity index (χ1v) is 17.4. The van der Waals surface area contributed by atoms with Crippen LogP contribution in [0.3, 0.4) is 0 Å². The predicted octanol–water partition coefficient (Wildman–Crippen LogP) is 13.9. The Balaban J connectivity index is 1.15. The zero-order valence-electron chi connectivity index (χ0n) is 26.5. The normalized spacial score (nSPS) is 11.7. The molecule has 0 bridgehead atoms. The van der Waals surface area contributed by atoms with Crippen molar-refractivity contribution in [3.05, 3.63) is 176 Å². The molecule has 10 aromatic rings. The lowest BCUT2D eigenvalue weighted by Crippen LogP contribution is -2.09. The van der Waals surface area contributed by atoms with Crippen molar-refractivity contribution in [3.8, 4) is 22.3 Å². The SMILES string of the molecule is c1ccc(N(c2ccccc2)c2cccc3oc4c5ccccc5c(-c5ccc(-c6ccc7c(c6)sc6ccccc67)cc5)cc4c23)cc1. The van der Waals surface area contributed by atoms with E-state index in [1.165, 1.54) is 47.8 Å². The monoisotopic (exact) mass is 643 g/mol. The molecule has 0 atom stereocenters. The second-order valence-electron chi connectivity index (χ2n) is 12.5. The van der Waals surface area contributed by atoms with Gasteiger partial charge in [0.1, 0.15) is 11.2 Å². The van der Waals surface area contributed by atoms with Crippen LogP contribution in [0.15, 0.2) is 180 Å². The van der Waals surface area contributed by atoms with Crippen LogP contribution < -0.4 is 4.90 Å². The van der Waals surface area contributed by atoms with Gasteiger partial charge >= 0.3 is 0 Å². The standard InChI is InChI=1S/C46H29NOS/c1-3-12-33(13-4-1)47(34-14-5-2-6-15-34)41-19-11-20-42-45(41)40-29-39(35-16-7-8-18-38(35)46(40)48-42)31-24-22-30(23-25-31)32-26-27-37-36-17-9-10-21-43(36)49-44(37)28-32/h1-29H. The van der Waals surface area contributed by atoms with Gasteiger partial charge in [-0.2, -0.15) is 0 Å². The summed E-state index contributed by atoms with van der Waals surface area (Å²) in [6.45, 7) is 0. The second-order valence-corrected chi connectivity index (χ2v) is 13.6. The molecule has 0 amide bonds. The molecule has 0 saturated heterocycles. The summed E-state index contributed by atoms with van der Waals surface area (Å²) in [6.07, 6.45) is 0. The third-order valence-electron chi connectivity index (χ3n) is 9.66. The van der Waals surface area contributed by atoms with Crippen molar-refractivity contribution in [1.29, 1.82) is 0 Å². The number of anilines is 3. The third-order valence-corrected chi connectivity index (χ3v) is 10.8. The van der Waals surface area contributed by atoms with E-state index < -0.39 is 0 Å². The molecule has 0 aliphatic rings. The van der Waals surface area contributed by atoms with Crippen LogP contribution in [0.4, 0.5) is 17.1 Å². The highest BCUT2D eigenvalue weighted by atomic mass is 32.1. The van der Waals surface area contributed by atoms with Gasteiger partial charge in [0.05, 0.1) is 11.1 Å². The predicted molar refractivity (Wildman–Crippen MR) is 210 cm³/mol. The number of fused-ring (bicyclic) bond motifs is 8. The van der Waals surface area contributed by atoms with Crippen molar-refractivity contribution in [2.75, 3.05) is 4.90 Å². The minimum absolute atomic E-state index is 0.874. The zero-order chi connectivity index (χ0) is 32.3. The molecule has 2 nitrogen and oxygen atoms in total. The second kappa shape index (κ2) is 11.2. The number of thiophene rings is 1. The molecule has 0 spiro atoms. The van der Waals surface area contributed by atoms with E-state index in [0.29, 0.717) is 0 Å². The lowest BCUT2D eigenvalue weighted by atomic mass is 9.93. The molecule has 0 aliphatic carbocycles. The third kappa shape index (κ3) is 4.55. The summed E-state index contributed by atoms with van der Waals surface area (Å²) in [5.41, 5.74) is 9.89. The van der Waals surface area contributed by atoms with Gasteiger partial charge in [-0.3, -0.25) is 0 Å². The maximum absolute atomic E-state index is 6.73. The Bertz CT molecular complexity index is 2770. The van der Waals surface area contributed by atoms with Crippen molar-refractivity contribution >= 4 is 81.3 Å². The summed E-state index contributed by atoms with van der Waals surface area (Å²) in [7, 11) is 0. The average molecular weight is 644 g/mol. The Labute approximate surface area is 287 Å². The quantitative estimate of drug-likeness (QED) is 0.186. The van der Waals surface area contributed by atoms with Gasteiger partial charge in [0, 0.05) is 42.3 Å². The molecule has 230 valence electrons. The first-order chi connectivity index (χ1) is 24.3. The molecule has 10 rings (SSSR count). The van der Waals surface area contributed by atoms with Crippen molar-refractivity contribution in [1.82, 2.24) is 0 Å². The van der Waals surface area contributed by atoms with Crippen molar-refractivity contribution < 1.29 is 4.42 Å². The summed E-state index contributed by atoms with van der Waals surface area (Å²) in [5.74, 6) is 0. The van der Waals surface area contributed by atoms with Crippen LogP contribution in [0, 0.1) is 0 Å². The maximum atomic E-state index is 6.73. The zero-order valence-corrected chi connectivity index (χ0v) is 27.3. The van der Waals surface area contributed by atoms with Gasteiger partial charge in [0.2, 0.25) is 0 Å². The minimum Gasteiger partial charge on any atom is -0.455 e. The largest absolute Gasteiger partial charge is 0.455 e. The highest BCUT2D eigenvalue weighted by Gasteiger charge is 2.21. The number of furan rings is 1. The molecule has 3 heteroatoms. The molecule has 0 N–H and O–H groups in total. The number of nitrogens with zero attached hydrogens (tertiary/aromatic N) is 1. The first kappa shape index (κ1) is 27.9. The van der Waals surface area contributed by atoms with E-state index >= 15 is 0 Å². The highest BCUT2D eigenvalue weighted by molar-refractivity contribution is 7.25. The molecular weight excluding hydrogens is 615 g/mol. The summed E-state index contributed by atoms with van der Waals surface area (Å²) < 4.78 is 9.38. The van der Waals surface area contributed by atoms with Crippen LogP contribution in [-0.2, 0) is 0 Å². The Morgan fingerprint density at radius 2 is 1.02 bits per heavy atom. The topological polar surface area (TPSA) is 16.4 Å². The molecule has 0 saturated carbocycles. The van der Waals surface area contributed by atoms with Gasteiger partial charge in [-0.15, -0.1) is 11.3 Å². The molecule has 2 aromatic heterocycles.